The van der Waals surface area contributed by atoms with Crippen molar-refractivity contribution < 1.29 is 5.11 Å². The smallest absolute Gasteiger partial charge is 0.252 e. The van der Waals surface area contributed by atoms with Crippen LogP contribution in [0.3, 0.4) is 0 Å². The molecule has 2 aromatic rings. The number of benzene rings is 1. The monoisotopic (exact) mass is 355 g/mol. The second-order valence-corrected chi connectivity index (χ2v) is 8.15. The number of H-pyrrole nitrogens is 1. The summed E-state index contributed by atoms with van der Waals surface area (Å²) >= 11 is 0. The topological polar surface area (TPSA) is 59.6 Å². The lowest BCUT2D eigenvalue weighted by molar-refractivity contribution is -0.0430. The molecule has 3 heterocycles. The second-order valence-electron chi connectivity index (χ2n) is 8.15. The van der Waals surface area contributed by atoms with Crippen molar-refractivity contribution in [3.8, 4) is 0 Å². The molecule has 0 saturated carbocycles. The first-order chi connectivity index (χ1) is 12.5. The minimum Gasteiger partial charge on any atom is -0.388 e. The minimum atomic E-state index is -0.562. The normalized spacial score (nSPS) is 21.5. The molecule has 0 bridgehead atoms. The fourth-order valence-corrected chi connectivity index (χ4v) is 4.43. The second kappa shape index (κ2) is 7.14. The molecular weight excluding hydrogens is 326 g/mol. The zero-order valence-corrected chi connectivity index (χ0v) is 15.6. The van der Waals surface area contributed by atoms with E-state index in [4.69, 9.17) is 0 Å². The van der Waals surface area contributed by atoms with Crippen LogP contribution in [-0.4, -0.2) is 58.2 Å². The largest absolute Gasteiger partial charge is 0.388 e. The first-order valence-corrected chi connectivity index (χ1v) is 9.81. The molecule has 0 aliphatic carbocycles. The van der Waals surface area contributed by atoms with E-state index in [-0.39, 0.29) is 5.56 Å². The summed E-state index contributed by atoms with van der Waals surface area (Å²) in [6, 6.07) is 8.11. The molecule has 4 rings (SSSR count). The molecule has 5 heteroatoms. The van der Waals surface area contributed by atoms with E-state index in [9.17, 15) is 9.90 Å². The third kappa shape index (κ3) is 3.70. The van der Waals surface area contributed by atoms with E-state index in [1.165, 1.54) is 12.8 Å². The molecule has 0 atom stereocenters. The molecule has 2 N–H and O–H groups in total. The Kier molecular flexibility index (Phi) is 4.86. The Morgan fingerprint density at radius 1 is 1.12 bits per heavy atom. The van der Waals surface area contributed by atoms with Gasteiger partial charge in [-0.15, -0.1) is 0 Å². The van der Waals surface area contributed by atoms with Crippen LogP contribution in [0.2, 0.25) is 0 Å². The highest BCUT2D eigenvalue weighted by atomic mass is 16.3. The number of aromatic nitrogens is 1. The number of nitrogens with one attached hydrogen (secondary N) is 1. The number of aryl methyl sites for hydroxylation is 1. The third-order valence-electron chi connectivity index (χ3n) is 6.06. The summed E-state index contributed by atoms with van der Waals surface area (Å²) in [7, 11) is 0. The molecular formula is C21H29N3O2. The van der Waals surface area contributed by atoms with Crippen LogP contribution in [0.5, 0.6) is 0 Å². The average Bonchev–Trinajstić information content (AvgIpc) is 3.11. The van der Waals surface area contributed by atoms with E-state index in [0.717, 1.165) is 67.6 Å². The summed E-state index contributed by atoms with van der Waals surface area (Å²) in [6.07, 6.45) is 4.08. The Balaban J connectivity index is 1.42. The Morgan fingerprint density at radius 2 is 1.85 bits per heavy atom. The minimum absolute atomic E-state index is 0.00435. The van der Waals surface area contributed by atoms with E-state index in [0.29, 0.717) is 6.54 Å². The number of aromatic amines is 1. The van der Waals surface area contributed by atoms with Crippen LogP contribution in [-0.2, 0) is 6.54 Å². The van der Waals surface area contributed by atoms with Gasteiger partial charge in [-0.05, 0) is 62.7 Å². The maximum absolute atomic E-state index is 12.5. The Bertz CT molecular complexity index is 831. The Labute approximate surface area is 154 Å². The van der Waals surface area contributed by atoms with Gasteiger partial charge in [0.1, 0.15) is 0 Å². The molecule has 0 spiro atoms. The van der Waals surface area contributed by atoms with Crippen molar-refractivity contribution in [2.75, 3.05) is 32.7 Å². The number of aliphatic hydroxyl groups is 1. The van der Waals surface area contributed by atoms with Crippen LogP contribution in [0, 0.1) is 6.92 Å². The number of rotatable bonds is 4. The molecule has 0 radical (unpaired) electrons. The van der Waals surface area contributed by atoms with Crippen molar-refractivity contribution in [1.82, 2.24) is 14.8 Å². The quantitative estimate of drug-likeness (QED) is 0.883. The SMILES string of the molecule is Cc1cccc2cc(CN3CCC(O)(CN4CCCC4)CC3)c(=O)[nH]c12. The van der Waals surface area contributed by atoms with Crippen molar-refractivity contribution in [1.29, 1.82) is 0 Å². The molecule has 5 nitrogen and oxygen atoms in total. The highest BCUT2D eigenvalue weighted by molar-refractivity contribution is 5.81. The lowest BCUT2D eigenvalue weighted by Crippen LogP contribution is -2.50. The average molecular weight is 355 g/mol. The van der Waals surface area contributed by atoms with Gasteiger partial charge in [-0.1, -0.05) is 18.2 Å². The lowest BCUT2D eigenvalue weighted by Gasteiger charge is -2.40. The van der Waals surface area contributed by atoms with Gasteiger partial charge in [-0.25, -0.2) is 0 Å². The van der Waals surface area contributed by atoms with E-state index in [1.807, 2.05) is 31.2 Å². The Morgan fingerprint density at radius 3 is 2.58 bits per heavy atom. The number of hydrogen-bond acceptors (Lipinski definition) is 4. The zero-order chi connectivity index (χ0) is 18.1. The number of hydrogen-bond donors (Lipinski definition) is 2. The number of likely N-dealkylation sites (tertiary alicyclic amines) is 2. The summed E-state index contributed by atoms with van der Waals surface area (Å²) in [6.45, 7) is 7.40. The summed E-state index contributed by atoms with van der Waals surface area (Å²) in [4.78, 5) is 20.2. The fourth-order valence-electron chi connectivity index (χ4n) is 4.43. The highest BCUT2D eigenvalue weighted by Crippen LogP contribution is 2.26. The van der Waals surface area contributed by atoms with Crippen molar-refractivity contribution in [3.05, 3.63) is 45.7 Å². The number of piperidine rings is 1. The predicted molar refractivity (Wildman–Crippen MR) is 104 cm³/mol. The fraction of sp³-hybridized carbons (Fsp3) is 0.571. The molecule has 2 fully saturated rings. The molecule has 2 saturated heterocycles. The van der Waals surface area contributed by atoms with Crippen LogP contribution in [0.4, 0.5) is 0 Å². The van der Waals surface area contributed by atoms with Crippen molar-refractivity contribution in [2.45, 2.75) is 44.8 Å². The zero-order valence-electron chi connectivity index (χ0n) is 15.6. The number of para-hydroxylation sites is 1. The van der Waals surface area contributed by atoms with Crippen molar-refractivity contribution >= 4 is 10.9 Å². The summed E-state index contributed by atoms with van der Waals surface area (Å²) in [5.41, 5.74) is 2.28. The number of nitrogens with zero attached hydrogens (tertiary/aromatic N) is 2. The predicted octanol–water partition coefficient (Wildman–Crippen LogP) is 2.26. The summed E-state index contributed by atoms with van der Waals surface area (Å²) < 4.78 is 0. The van der Waals surface area contributed by atoms with Gasteiger partial charge in [0.05, 0.1) is 11.1 Å². The van der Waals surface area contributed by atoms with Crippen LogP contribution < -0.4 is 5.56 Å². The van der Waals surface area contributed by atoms with E-state index in [1.54, 1.807) is 0 Å². The van der Waals surface area contributed by atoms with Crippen LogP contribution in [0.15, 0.2) is 29.1 Å². The third-order valence-corrected chi connectivity index (χ3v) is 6.06. The van der Waals surface area contributed by atoms with Gasteiger partial charge in [-0.2, -0.15) is 0 Å². The molecule has 0 unspecified atom stereocenters. The van der Waals surface area contributed by atoms with Gasteiger partial charge in [0.2, 0.25) is 0 Å². The van der Waals surface area contributed by atoms with E-state index >= 15 is 0 Å². The maximum Gasteiger partial charge on any atom is 0.252 e. The number of pyridine rings is 1. The van der Waals surface area contributed by atoms with E-state index < -0.39 is 5.60 Å². The molecule has 2 aliphatic heterocycles. The van der Waals surface area contributed by atoms with Crippen molar-refractivity contribution in [2.24, 2.45) is 0 Å². The number of β-amino-alcohol motifs (C(OH)–C–C–N with tert-alkyl or cyclic N) is 1. The maximum atomic E-state index is 12.5. The van der Waals surface area contributed by atoms with Gasteiger partial charge in [0.25, 0.3) is 5.56 Å². The van der Waals surface area contributed by atoms with Gasteiger partial charge in [-0.3, -0.25) is 9.69 Å². The van der Waals surface area contributed by atoms with E-state index in [2.05, 4.69) is 14.8 Å². The molecule has 140 valence electrons. The van der Waals surface area contributed by atoms with Crippen molar-refractivity contribution in [3.63, 3.8) is 0 Å². The Hall–Kier alpha value is -1.69. The van der Waals surface area contributed by atoms with Gasteiger partial charge < -0.3 is 15.0 Å². The molecule has 1 aromatic carbocycles. The van der Waals surface area contributed by atoms with Gasteiger partial charge in [0, 0.05) is 31.7 Å². The molecule has 26 heavy (non-hydrogen) atoms. The summed E-state index contributed by atoms with van der Waals surface area (Å²) in [5.74, 6) is 0. The first kappa shape index (κ1) is 17.7. The molecule has 1 aromatic heterocycles. The van der Waals surface area contributed by atoms with Gasteiger partial charge >= 0.3 is 0 Å². The van der Waals surface area contributed by atoms with Crippen LogP contribution in [0.1, 0.15) is 36.8 Å². The van der Waals surface area contributed by atoms with Crippen LogP contribution in [0.25, 0.3) is 10.9 Å². The molecule has 2 aliphatic rings. The number of fused-ring (bicyclic) bond motifs is 1. The standard InChI is InChI=1S/C21H29N3O2/c1-16-5-4-6-17-13-18(20(25)22-19(16)17)14-23-11-7-21(26,8-12-23)15-24-9-2-3-10-24/h4-6,13,26H,2-3,7-12,14-15H2,1H3,(H,22,25). The van der Waals surface area contributed by atoms with Crippen LogP contribution >= 0.6 is 0 Å². The first-order valence-electron chi connectivity index (χ1n) is 9.81. The lowest BCUT2D eigenvalue weighted by atomic mass is 9.90. The highest BCUT2D eigenvalue weighted by Gasteiger charge is 2.34. The summed E-state index contributed by atoms with van der Waals surface area (Å²) in [5, 5.41) is 12.0. The van der Waals surface area contributed by atoms with Gasteiger partial charge in [0.15, 0.2) is 0 Å². The molecule has 0 amide bonds.